The van der Waals surface area contributed by atoms with Gasteiger partial charge in [-0.25, -0.2) is 11.6 Å². The third-order valence-corrected chi connectivity index (χ3v) is 3.61. The maximum absolute atomic E-state index is 3.22. The van der Waals surface area contributed by atoms with Crippen molar-refractivity contribution >= 4 is 49.6 Å². The molecule has 0 heterocycles. The normalized spacial score (nSPS) is 14.2. The summed E-state index contributed by atoms with van der Waals surface area (Å²) in [5.74, 6) is 0.556. The molecule has 0 radical (unpaired) electrons. The zero-order chi connectivity index (χ0) is 17.5. The molecule has 0 fully saturated rings. The van der Waals surface area contributed by atoms with Gasteiger partial charge in [-0.15, -0.1) is 64.6 Å². The Balaban J connectivity index is 0.000000415. The van der Waals surface area contributed by atoms with Gasteiger partial charge in [0.15, 0.2) is 0 Å². The Hall–Kier alpha value is -0.890. The van der Waals surface area contributed by atoms with E-state index >= 15 is 0 Å². The number of fused-ring (bicyclic) bond motifs is 3. The molecular formula is C23H26Cl2Hf. The molecule has 3 heteroatoms. The molecule has 1 aliphatic carbocycles. The first-order valence-corrected chi connectivity index (χ1v) is 10.1. The van der Waals surface area contributed by atoms with E-state index < -0.39 is 0 Å². The molecule has 0 saturated carbocycles. The Morgan fingerprint density at radius 2 is 1.35 bits per heavy atom. The van der Waals surface area contributed by atoms with E-state index in [1.54, 1.807) is 3.26 Å². The van der Waals surface area contributed by atoms with Crippen LogP contribution in [0.4, 0.5) is 0 Å². The number of halogens is 2. The number of rotatable bonds is 0. The molecule has 0 nitrogen and oxygen atoms in total. The summed E-state index contributed by atoms with van der Waals surface area (Å²) < 4.78 is 1.56. The fraction of sp³-hybridized carbons (Fsp3) is 0.217. The number of benzene rings is 2. The van der Waals surface area contributed by atoms with Crippen LogP contribution in [0.25, 0.3) is 21.5 Å². The van der Waals surface area contributed by atoms with Crippen LogP contribution in [0, 0.1) is 12.0 Å². The molecule has 136 valence electrons. The summed E-state index contributed by atoms with van der Waals surface area (Å²) in [6.45, 7) is 8.49. The minimum absolute atomic E-state index is 0. The van der Waals surface area contributed by atoms with E-state index in [-0.39, 0.29) is 24.8 Å². The summed E-state index contributed by atoms with van der Waals surface area (Å²) in [5, 5.41) is 5.39. The van der Waals surface area contributed by atoms with E-state index in [0.717, 1.165) is 0 Å². The summed E-state index contributed by atoms with van der Waals surface area (Å²) in [4.78, 5) is 0. The first kappa shape index (κ1) is 25.1. The molecular weight excluding hydrogens is 526 g/mol. The van der Waals surface area contributed by atoms with Gasteiger partial charge in [-0.2, -0.15) is 6.08 Å². The maximum Gasteiger partial charge on any atom is -0.0771 e. The van der Waals surface area contributed by atoms with Gasteiger partial charge in [0.1, 0.15) is 0 Å². The van der Waals surface area contributed by atoms with Crippen LogP contribution in [0.1, 0.15) is 27.7 Å². The quantitative estimate of drug-likeness (QED) is 0.204. The van der Waals surface area contributed by atoms with Crippen molar-refractivity contribution in [3.8, 4) is 0 Å². The Kier molecular flexibility index (Phi) is 12.1. The molecule has 0 aliphatic heterocycles. The van der Waals surface area contributed by atoms with Gasteiger partial charge < -0.3 is 0 Å². The van der Waals surface area contributed by atoms with Crippen LogP contribution >= 0.6 is 24.8 Å². The average Bonchev–Trinajstić information content (AvgIpc) is 3.10. The van der Waals surface area contributed by atoms with Crippen LogP contribution in [0.15, 0.2) is 72.3 Å². The van der Waals surface area contributed by atoms with Gasteiger partial charge in [-0.3, -0.25) is 6.08 Å². The van der Waals surface area contributed by atoms with E-state index in [1.165, 1.54) is 51.0 Å². The van der Waals surface area contributed by atoms with Crippen molar-refractivity contribution in [2.24, 2.45) is 5.92 Å². The van der Waals surface area contributed by atoms with Gasteiger partial charge in [0.05, 0.1) is 0 Å². The molecule has 0 N–H and O–H groups in total. The summed E-state index contributed by atoms with van der Waals surface area (Å²) >= 11 is 1.27. The second-order valence-electron chi connectivity index (χ2n) is 6.29. The molecule has 3 aromatic rings. The molecule has 0 bridgehead atoms. The largest absolute Gasteiger partial charge is 0.147 e. The molecule has 1 unspecified atom stereocenters. The zero-order valence-electron chi connectivity index (χ0n) is 15.7. The van der Waals surface area contributed by atoms with Crippen LogP contribution in [0.5, 0.6) is 0 Å². The van der Waals surface area contributed by atoms with Gasteiger partial charge in [0.2, 0.25) is 0 Å². The smallest absolute Gasteiger partial charge is 0.0771 e. The summed E-state index contributed by atoms with van der Waals surface area (Å²) in [5.41, 5.74) is 1.27. The van der Waals surface area contributed by atoms with E-state index in [0.29, 0.717) is 5.92 Å². The van der Waals surface area contributed by atoms with Crippen molar-refractivity contribution in [2.75, 3.05) is 0 Å². The topological polar surface area (TPSA) is 0 Å². The molecule has 26 heavy (non-hydrogen) atoms. The third-order valence-electron chi connectivity index (χ3n) is 3.61. The van der Waals surface area contributed by atoms with Crippen molar-refractivity contribution in [3.63, 3.8) is 0 Å². The van der Waals surface area contributed by atoms with Gasteiger partial charge in [-0.1, -0.05) is 56.2 Å². The number of allylic oxidation sites excluding steroid dienone is 4. The van der Waals surface area contributed by atoms with E-state index in [4.69, 9.17) is 0 Å². The molecule has 1 aliphatic rings. The minimum Gasteiger partial charge on any atom is -0.147 e. The van der Waals surface area contributed by atoms with Crippen molar-refractivity contribution in [1.82, 2.24) is 0 Å². The molecule has 4 rings (SSSR count). The predicted molar refractivity (Wildman–Crippen MR) is 119 cm³/mol. The second-order valence-corrected chi connectivity index (χ2v) is 9.89. The number of hydrogen-bond donors (Lipinski definition) is 0. The minimum atomic E-state index is 0. The van der Waals surface area contributed by atoms with Crippen molar-refractivity contribution < 1.29 is 23.9 Å². The zero-order valence-corrected chi connectivity index (χ0v) is 21.0. The Bertz CT molecular complexity index is 833. The van der Waals surface area contributed by atoms with E-state index in [2.05, 4.69) is 101 Å². The van der Waals surface area contributed by atoms with E-state index in [1.807, 2.05) is 0 Å². The van der Waals surface area contributed by atoms with Gasteiger partial charge >= 0.3 is 41.0 Å². The third kappa shape index (κ3) is 7.78. The molecule has 0 amide bonds. The van der Waals surface area contributed by atoms with Crippen LogP contribution in [0.2, 0.25) is 0 Å². The van der Waals surface area contributed by atoms with Crippen LogP contribution in [-0.2, 0) is 23.9 Å². The Labute approximate surface area is 184 Å². The van der Waals surface area contributed by atoms with Crippen molar-refractivity contribution in [1.29, 1.82) is 0 Å². The van der Waals surface area contributed by atoms with Crippen LogP contribution in [0.3, 0.4) is 0 Å². The molecule has 3 aromatic carbocycles. The average molecular weight is 552 g/mol. The fourth-order valence-corrected chi connectivity index (χ4v) is 2.65. The van der Waals surface area contributed by atoms with E-state index in [9.17, 15) is 0 Å². The van der Waals surface area contributed by atoms with Crippen LogP contribution in [-0.4, -0.2) is 3.26 Å². The number of hydrogen-bond acceptors (Lipinski definition) is 0. The SMILES string of the molecule is CC1=[C-]C(C)C=C1.C[C](C)=[Hf+2].Cl.Cl.c1ccc2c(c1)[cH-]c1ccccc12. The second kappa shape index (κ2) is 12.5. The standard InChI is InChI=1S/C13H9.C7H9.C3H6.2ClH.Hf/c1-3-7-12-10(5-1)9-11-6-2-4-8-13(11)12;1-6-3-4-7(2)5-6;1-3-2;;;/h1-9H;3-4,6H,1-2H3;1-2H3;2*1H;/q2*-1;;;;+2. The molecule has 0 spiro atoms. The monoisotopic (exact) mass is 552 g/mol. The Morgan fingerprint density at radius 1 is 0.923 bits per heavy atom. The van der Waals surface area contributed by atoms with Crippen molar-refractivity contribution in [3.05, 3.63) is 78.4 Å². The first-order chi connectivity index (χ1) is 11.5. The first-order valence-electron chi connectivity index (χ1n) is 8.30. The fourth-order valence-electron chi connectivity index (χ4n) is 2.65. The van der Waals surface area contributed by atoms with Crippen molar-refractivity contribution in [2.45, 2.75) is 27.7 Å². The predicted octanol–water partition coefficient (Wildman–Crippen LogP) is 7.24. The van der Waals surface area contributed by atoms with Gasteiger partial charge in [0.25, 0.3) is 0 Å². The molecule has 1 atom stereocenters. The van der Waals surface area contributed by atoms with Gasteiger partial charge in [-0.05, 0) is 0 Å². The summed E-state index contributed by atoms with van der Waals surface area (Å²) in [6.07, 6.45) is 7.47. The molecule has 0 saturated heterocycles. The summed E-state index contributed by atoms with van der Waals surface area (Å²) in [7, 11) is 0. The maximum atomic E-state index is 3.22. The van der Waals surface area contributed by atoms with Gasteiger partial charge in [0, 0.05) is 0 Å². The van der Waals surface area contributed by atoms with Crippen LogP contribution < -0.4 is 0 Å². The molecule has 0 aromatic heterocycles. The summed E-state index contributed by atoms with van der Waals surface area (Å²) in [6, 6.07) is 19.3. The Morgan fingerprint density at radius 3 is 1.65 bits per heavy atom.